The van der Waals surface area contributed by atoms with Crippen molar-refractivity contribution in [3.05, 3.63) is 98.4 Å². The number of nitro benzene ring substituents is 1. The van der Waals surface area contributed by atoms with Crippen molar-refractivity contribution in [1.29, 1.82) is 0 Å². The molecular weight excluding hydrogens is 563 g/mol. The first-order valence-electron chi connectivity index (χ1n) is 12.1. The first kappa shape index (κ1) is 29.3. The maximum absolute atomic E-state index is 13.0. The molecule has 3 aromatic carbocycles. The van der Waals surface area contributed by atoms with Crippen molar-refractivity contribution >= 4 is 46.3 Å². The number of nitro groups is 1. The fourth-order valence-electron chi connectivity index (χ4n) is 3.81. The molecule has 0 atom stereocenters. The molecule has 0 unspecified atom stereocenters. The summed E-state index contributed by atoms with van der Waals surface area (Å²) in [6, 6.07) is 15.0. The zero-order valence-electron chi connectivity index (χ0n) is 21.6. The molecule has 41 heavy (non-hydrogen) atoms. The molecule has 1 N–H and O–H groups in total. The van der Waals surface area contributed by atoms with Crippen LogP contribution < -0.4 is 10.1 Å². The minimum Gasteiger partial charge on any atom is -0.449 e. The third kappa shape index (κ3) is 6.92. The smallest absolute Gasteiger partial charge is 0.416 e. The fraction of sp³-hybridized carbons (Fsp3) is 0.179. The molecule has 3 amide bonds. The van der Waals surface area contributed by atoms with Crippen molar-refractivity contribution in [3.8, 4) is 11.5 Å². The van der Waals surface area contributed by atoms with E-state index in [1.807, 2.05) is 26.0 Å². The number of nitrogens with zero attached hydrogens (tertiary/aromatic N) is 2. The summed E-state index contributed by atoms with van der Waals surface area (Å²) in [5.41, 5.74) is -0.307. The highest BCUT2D eigenvalue weighted by Gasteiger charge is 2.37. The molecule has 9 nitrogen and oxygen atoms in total. The van der Waals surface area contributed by atoms with Gasteiger partial charge >= 0.3 is 11.9 Å². The molecule has 0 spiro atoms. The van der Waals surface area contributed by atoms with E-state index in [2.05, 4.69) is 5.32 Å². The summed E-state index contributed by atoms with van der Waals surface area (Å²) >= 11 is 0.588. The summed E-state index contributed by atoms with van der Waals surface area (Å²) in [4.78, 5) is 49.2. The topological polar surface area (TPSA) is 119 Å². The number of carbonyl (C=O) groups excluding carboxylic acids is 3. The van der Waals surface area contributed by atoms with Crippen molar-refractivity contribution in [1.82, 2.24) is 4.90 Å². The number of benzene rings is 3. The molecular formula is C28H22F3N3O6S. The summed E-state index contributed by atoms with van der Waals surface area (Å²) in [6.45, 7) is 3.54. The number of amides is 3. The number of ether oxygens (including phenoxy) is 1. The first-order chi connectivity index (χ1) is 19.3. The van der Waals surface area contributed by atoms with Gasteiger partial charge in [0.1, 0.15) is 12.3 Å². The molecule has 0 bridgehead atoms. The van der Waals surface area contributed by atoms with Gasteiger partial charge in [-0.05, 0) is 59.7 Å². The predicted molar refractivity (Wildman–Crippen MR) is 146 cm³/mol. The lowest BCUT2D eigenvalue weighted by Crippen LogP contribution is -2.36. The van der Waals surface area contributed by atoms with Crippen molar-refractivity contribution in [2.45, 2.75) is 25.9 Å². The van der Waals surface area contributed by atoms with Crippen LogP contribution in [0.15, 0.2) is 71.6 Å². The van der Waals surface area contributed by atoms with Gasteiger partial charge in [0, 0.05) is 17.3 Å². The standard InChI is InChI=1S/C28H22F3N3O6S/c1-16(2)17-7-10-20(11-8-17)32-25(35)15-33-26(36)24(41-27(33)37)13-18-5-3-4-6-22(18)40-23-12-9-19(28(29,30)31)14-21(23)34(38)39/h3-14,16H,15H2,1-2H3,(H,32,35)/b24-13+. The monoisotopic (exact) mass is 585 g/mol. The Morgan fingerprint density at radius 2 is 1.76 bits per heavy atom. The van der Waals surface area contributed by atoms with Gasteiger partial charge in [-0.15, -0.1) is 0 Å². The van der Waals surface area contributed by atoms with Gasteiger partial charge in [-0.2, -0.15) is 13.2 Å². The second-order valence-electron chi connectivity index (χ2n) is 9.17. The number of anilines is 1. The fourth-order valence-corrected chi connectivity index (χ4v) is 4.64. The van der Waals surface area contributed by atoms with Gasteiger partial charge < -0.3 is 10.1 Å². The van der Waals surface area contributed by atoms with Crippen molar-refractivity contribution < 1.29 is 37.2 Å². The highest BCUT2D eigenvalue weighted by atomic mass is 32.2. The van der Waals surface area contributed by atoms with Gasteiger partial charge in [0.05, 0.1) is 15.4 Å². The van der Waals surface area contributed by atoms with Crippen LogP contribution in [0.3, 0.4) is 0 Å². The Morgan fingerprint density at radius 1 is 1.07 bits per heavy atom. The van der Waals surface area contributed by atoms with Crippen LogP contribution >= 0.6 is 11.8 Å². The Bertz CT molecular complexity index is 1550. The van der Waals surface area contributed by atoms with E-state index in [9.17, 15) is 37.7 Å². The van der Waals surface area contributed by atoms with Crippen LogP contribution in [0.1, 0.15) is 36.5 Å². The minimum absolute atomic E-state index is 0.00950. The van der Waals surface area contributed by atoms with Crippen LogP contribution in [0.2, 0.25) is 0 Å². The quantitative estimate of drug-likeness (QED) is 0.169. The molecule has 4 rings (SSSR count). The van der Waals surface area contributed by atoms with E-state index < -0.39 is 51.7 Å². The number of hydrogen-bond donors (Lipinski definition) is 1. The van der Waals surface area contributed by atoms with E-state index >= 15 is 0 Å². The second kappa shape index (κ2) is 11.8. The maximum atomic E-state index is 13.0. The Balaban J connectivity index is 1.52. The summed E-state index contributed by atoms with van der Waals surface area (Å²) in [7, 11) is 0. The van der Waals surface area contributed by atoms with Crippen LogP contribution in [0.5, 0.6) is 11.5 Å². The molecule has 0 saturated carbocycles. The summed E-state index contributed by atoms with van der Waals surface area (Å²) < 4.78 is 44.7. The zero-order chi connectivity index (χ0) is 29.9. The molecule has 1 heterocycles. The highest BCUT2D eigenvalue weighted by Crippen LogP contribution is 2.40. The summed E-state index contributed by atoms with van der Waals surface area (Å²) in [5.74, 6) is -1.47. The lowest BCUT2D eigenvalue weighted by atomic mass is 10.0. The van der Waals surface area contributed by atoms with Crippen LogP contribution in [0.4, 0.5) is 29.3 Å². The zero-order valence-corrected chi connectivity index (χ0v) is 22.4. The first-order valence-corrected chi connectivity index (χ1v) is 12.9. The Kier molecular flexibility index (Phi) is 8.47. The second-order valence-corrected chi connectivity index (χ2v) is 10.2. The maximum Gasteiger partial charge on any atom is 0.416 e. The van der Waals surface area contributed by atoms with Crippen molar-refractivity contribution in [3.63, 3.8) is 0 Å². The van der Waals surface area contributed by atoms with E-state index in [0.717, 1.165) is 16.5 Å². The van der Waals surface area contributed by atoms with Crippen molar-refractivity contribution in [2.75, 3.05) is 11.9 Å². The minimum atomic E-state index is -4.79. The number of para-hydroxylation sites is 1. The number of thioether (sulfide) groups is 1. The molecule has 1 fully saturated rings. The molecule has 0 radical (unpaired) electrons. The lowest BCUT2D eigenvalue weighted by molar-refractivity contribution is -0.385. The SMILES string of the molecule is CC(C)c1ccc(NC(=O)CN2C(=O)S/C(=C/c3ccccc3Oc3ccc(C(F)(F)F)cc3[N+](=O)[O-])C2=O)cc1. The van der Waals surface area contributed by atoms with E-state index in [1.165, 1.54) is 24.3 Å². The van der Waals surface area contributed by atoms with Crippen LogP contribution in [-0.2, 0) is 15.8 Å². The molecule has 3 aromatic rings. The van der Waals surface area contributed by atoms with Crippen molar-refractivity contribution in [2.24, 2.45) is 0 Å². The molecule has 0 aromatic heterocycles. The average Bonchev–Trinajstić information content (AvgIpc) is 3.16. The number of nitrogens with one attached hydrogen (secondary N) is 1. The van der Waals surface area contributed by atoms with Gasteiger partial charge in [0.15, 0.2) is 0 Å². The Labute approximate surface area is 236 Å². The molecule has 13 heteroatoms. The number of alkyl halides is 3. The van der Waals surface area contributed by atoms with E-state index in [4.69, 9.17) is 4.74 Å². The van der Waals surface area contributed by atoms with Gasteiger partial charge in [-0.3, -0.25) is 29.4 Å². The lowest BCUT2D eigenvalue weighted by Gasteiger charge is -2.13. The number of rotatable bonds is 8. The largest absolute Gasteiger partial charge is 0.449 e. The Morgan fingerprint density at radius 3 is 2.39 bits per heavy atom. The average molecular weight is 586 g/mol. The van der Waals surface area contributed by atoms with Gasteiger partial charge in [-0.1, -0.05) is 44.2 Å². The normalized spacial score (nSPS) is 14.6. The number of imide groups is 1. The summed E-state index contributed by atoms with van der Waals surface area (Å²) in [6.07, 6.45) is -3.49. The van der Waals surface area contributed by atoms with Crippen LogP contribution in [0, 0.1) is 10.1 Å². The number of hydrogen-bond acceptors (Lipinski definition) is 7. The predicted octanol–water partition coefficient (Wildman–Crippen LogP) is 7.20. The van der Waals surface area contributed by atoms with Gasteiger partial charge in [0.2, 0.25) is 11.7 Å². The van der Waals surface area contributed by atoms with E-state index in [-0.39, 0.29) is 16.2 Å². The van der Waals surface area contributed by atoms with Gasteiger partial charge in [-0.25, -0.2) is 0 Å². The highest BCUT2D eigenvalue weighted by molar-refractivity contribution is 8.18. The van der Waals surface area contributed by atoms with Crippen LogP contribution in [-0.4, -0.2) is 33.4 Å². The molecule has 1 aliphatic rings. The molecule has 0 aliphatic carbocycles. The molecule has 1 saturated heterocycles. The van der Waals surface area contributed by atoms with E-state index in [0.29, 0.717) is 35.5 Å². The number of halogens is 3. The number of carbonyl (C=O) groups is 3. The van der Waals surface area contributed by atoms with Crippen LogP contribution in [0.25, 0.3) is 6.08 Å². The molecule has 1 aliphatic heterocycles. The molecule has 212 valence electrons. The Hall–Kier alpha value is -4.65. The third-order valence-electron chi connectivity index (χ3n) is 5.94. The van der Waals surface area contributed by atoms with Gasteiger partial charge in [0.25, 0.3) is 11.1 Å². The third-order valence-corrected chi connectivity index (χ3v) is 6.85. The summed E-state index contributed by atoms with van der Waals surface area (Å²) in [5, 5.41) is 13.4. The van der Waals surface area contributed by atoms with E-state index in [1.54, 1.807) is 18.2 Å².